The van der Waals surface area contributed by atoms with Crippen molar-refractivity contribution in [2.75, 3.05) is 33.7 Å². The van der Waals surface area contributed by atoms with Gasteiger partial charge in [-0.1, -0.05) is 0 Å². The van der Waals surface area contributed by atoms with Gasteiger partial charge in [-0.25, -0.2) is 4.79 Å². The van der Waals surface area contributed by atoms with E-state index in [1.54, 1.807) is 0 Å². The largest absolute Gasteiger partial charge is 0.480 e. The highest BCUT2D eigenvalue weighted by molar-refractivity contribution is 5.80. The van der Waals surface area contributed by atoms with E-state index in [4.69, 9.17) is 5.11 Å². The van der Waals surface area contributed by atoms with E-state index < -0.39 is 5.97 Å². The number of hydrogen-bond acceptors (Lipinski definition) is 3. The van der Waals surface area contributed by atoms with Crippen LogP contribution in [-0.4, -0.2) is 66.7 Å². The first kappa shape index (κ1) is 13.8. The molecule has 1 aliphatic rings. The van der Waals surface area contributed by atoms with Gasteiger partial charge in [0.25, 0.3) is 0 Å². The number of rotatable bonds is 7. The molecule has 0 aromatic carbocycles. The molecule has 1 fully saturated rings. The van der Waals surface area contributed by atoms with Crippen LogP contribution in [0.5, 0.6) is 0 Å². The summed E-state index contributed by atoms with van der Waals surface area (Å²) in [5.74, 6) is -0.958. The Hall–Kier alpha value is -1.30. The van der Waals surface area contributed by atoms with Gasteiger partial charge in [-0.2, -0.15) is 0 Å². The maximum absolute atomic E-state index is 11.7. The highest BCUT2D eigenvalue weighted by atomic mass is 16.4. The minimum Gasteiger partial charge on any atom is -0.480 e. The fourth-order valence-corrected chi connectivity index (χ4v) is 1.59. The Bertz CT molecular complexity index is 277. The Morgan fingerprint density at radius 2 is 2.00 bits per heavy atom. The fraction of sp³-hybridized carbons (Fsp3) is 0.818. The summed E-state index contributed by atoms with van der Waals surface area (Å²) < 4.78 is 0. The van der Waals surface area contributed by atoms with Gasteiger partial charge in [0.05, 0.1) is 0 Å². The monoisotopic (exact) mass is 243 g/mol. The van der Waals surface area contributed by atoms with Gasteiger partial charge in [0.2, 0.25) is 0 Å². The molecule has 0 heterocycles. The Morgan fingerprint density at radius 1 is 1.35 bits per heavy atom. The van der Waals surface area contributed by atoms with Gasteiger partial charge >= 0.3 is 12.0 Å². The van der Waals surface area contributed by atoms with Crippen LogP contribution in [0.3, 0.4) is 0 Å². The minimum absolute atomic E-state index is 0.125. The fourth-order valence-electron chi connectivity index (χ4n) is 1.59. The van der Waals surface area contributed by atoms with E-state index in [1.807, 2.05) is 19.0 Å². The number of hydrogen-bond donors (Lipinski definition) is 2. The summed E-state index contributed by atoms with van der Waals surface area (Å²) in [6, 6.07) is -0.131. The molecule has 6 heteroatoms. The predicted molar refractivity (Wildman–Crippen MR) is 63.9 cm³/mol. The first-order valence-electron chi connectivity index (χ1n) is 5.91. The SMILES string of the molecule is CN(C)CCCNC(=O)N(CC(=O)O)C1CC1. The number of amides is 2. The highest BCUT2D eigenvalue weighted by Gasteiger charge is 2.33. The third kappa shape index (κ3) is 5.53. The van der Waals surface area contributed by atoms with Crippen LogP contribution in [0.1, 0.15) is 19.3 Å². The van der Waals surface area contributed by atoms with Crippen LogP contribution in [0.4, 0.5) is 4.79 Å². The molecule has 2 N–H and O–H groups in total. The molecule has 0 aromatic heterocycles. The Labute approximate surface area is 102 Å². The number of carbonyl (C=O) groups excluding carboxylic acids is 1. The number of aliphatic carboxylic acids is 1. The van der Waals surface area contributed by atoms with Crippen LogP contribution in [0, 0.1) is 0 Å². The minimum atomic E-state index is -0.958. The molecule has 98 valence electrons. The zero-order valence-corrected chi connectivity index (χ0v) is 10.5. The van der Waals surface area contributed by atoms with E-state index in [0.717, 1.165) is 25.8 Å². The van der Waals surface area contributed by atoms with Gasteiger partial charge in [0, 0.05) is 12.6 Å². The zero-order chi connectivity index (χ0) is 12.8. The van der Waals surface area contributed by atoms with E-state index in [-0.39, 0.29) is 18.6 Å². The van der Waals surface area contributed by atoms with Gasteiger partial charge in [-0.15, -0.1) is 0 Å². The summed E-state index contributed by atoms with van der Waals surface area (Å²) in [4.78, 5) is 25.8. The number of carboxylic acid groups (broad SMARTS) is 1. The molecule has 0 aromatic rings. The molecule has 2 amide bonds. The van der Waals surface area contributed by atoms with Crippen LogP contribution in [-0.2, 0) is 4.79 Å². The number of urea groups is 1. The first-order chi connectivity index (χ1) is 8.00. The van der Waals surface area contributed by atoms with Crippen molar-refractivity contribution in [2.24, 2.45) is 0 Å². The molecular weight excluding hydrogens is 222 g/mol. The molecule has 1 saturated carbocycles. The van der Waals surface area contributed by atoms with Gasteiger partial charge in [0.15, 0.2) is 0 Å². The first-order valence-corrected chi connectivity index (χ1v) is 5.91. The maximum atomic E-state index is 11.7. The average molecular weight is 243 g/mol. The Kier molecular flexibility index (Phi) is 5.21. The third-order valence-electron chi connectivity index (χ3n) is 2.61. The van der Waals surface area contributed by atoms with Crippen molar-refractivity contribution in [2.45, 2.75) is 25.3 Å². The van der Waals surface area contributed by atoms with Crippen molar-refractivity contribution in [1.82, 2.24) is 15.1 Å². The third-order valence-corrected chi connectivity index (χ3v) is 2.61. The molecule has 6 nitrogen and oxygen atoms in total. The number of carbonyl (C=O) groups is 2. The normalized spacial score (nSPS) is 14.8. The average Bonchev–Trinajstić information content (AvgIpc) is 3.03. The lowest BCUT2D eigenvalue weighted by Crippen LogP contribution is -2.44. The Morgan fingerprint density at radius 3 is 2.47 bits per heavy atom. The summed E-state index contributed by atoms with van der Waals surface area (Å²) in [7, 11) is 3.95. The summed E-state index contributed by atoms with van der Waals surface area (Å²) >= 11 is 0. The van der Waals surface area contributed by atoms with E-state index in [0.29, 0.717) is 6.54 Å². The molecule has 0 atom stereocenters. The van der Waals surface area contributed by atoms with Crippen molar-refractivity contribution < 1.29 is 14.7 Å². The van der Waals surface area contributed by atoms with Crippen LogP contribution in [0.2, 0.25) is 0 Å². The summed E-state index contributed by atoms with van der Waals surface area (Å²) in [6.45, 7) is 1.28. The molecule has 17 heavy (non-hydrogen) atoms. The predicted octanol–water partition coefficient (Wildman–Crippen LogP) is 0.197. The quantitative estimate of drug-likeness (QED) is 0.626. The molecule has 0 spiro atoms. The highest BCUT2D eigenvalue weighted by Crippen LogP contribution is 2.26. The lowest BCUT2D eigenvalue weighted by atomic mass is 10.4. The lowest BCUT2D eigenvalue weighted by Gasteiger charge is -2.21. The van der Waals surface area contributed by atoms with Crippen molar-refractivity contribution >= 4 is 12.0 Å². The van der Waals surface area contributed by atoms with Gasteiger partial charge in [-0.3, -0.25) is 4.79 Å². The topological polar surface area (TPSA) is 72.9 Å². The second kappa shape index (κ2) is 6.44. The standard InChI is InChI=1S/C11H21N3O3/c1-13(2)7-3-6-12-11(17)14(8-10(15)16)9-4-5-9/h9H,3-8H2,1-2H3,(H,12,17)(H,15,16). The molecule has 0 aliphatic heterocycles. The number of nitrogens with zero attached hydrogens (tertiary/aromatic N) is 2. The van der Waals surface area contributed by atoms with E-state index >= 15 is 0 Å². The van der Waals surface area contributed by atoms with Gasteiger partial charge in [-0.05, 0) is 39.9 Å². The van der Waals surface area contributed by atoms with E-state index in [1.165, 1.54) is 4.90 Å². The van der Waals surface area contributed by atoms with Crippen molar-refractivity contribution in [1.29, 1.82) is 0 Å². The summed E-state index contributed by atoms with van der Waals surface area (Å²) in [6.07, 6.45) is 2.70. The van der Waals surface area contributed by atoms with Crippen LogP contribution in [0.25, 0.3) is 0 Å². The zero-order valence-electron chi connectivity index (χ0n) is 10.5. The summed E-state index contributed by atoms with van der Waals surface area (Å²) in [5, 5.41) is 11.5. The second-order valence-electron chi connectivity index (χ2n) is 4.64. The molecule has 0 radical (unpaired) electrons. The number of nitrogens with one attached hydrogen (secondary N) is 1. The summed E-state index contributed by atoms with van der Waals surface area (Å²) in [5.41, 5.74) is 0. The number of carboxylic acids is 1. The molecule has 1 rings (SSSR count). The van der Waals surface area contributed by atoms with Crippen molar-refractivity contribution in [3.05, 3.63) is 0 Å². The second-order valence-corrected chi connectivity index (χ2v) is 4.64. The van der Waals surface area contributed by atoms with Crippen molar-refractivity contribution in [3.63, 3.8) is 0 Å². The lowest BCUT2D eigenvalue weighted by molar-refractivity contribution is -0.137. The van der Waals surface area contributed by atoms with Crippen LogP contribution < -0.4 is 5.32 Å². The van der Waals surface area contributed by atoms with Crippen molar-refractivity contribution in [3.8, 4) is 0 Å². The molecule has 0 saturated heterocycles. The molecular formula is C11H21N3O3. The smallest absolute Gasteiger partial charge is 0.323 e. The van der Waals surface area contributed by atoms with E-state index in [9.17, 15) is 9.59 Å². The maximum Gasteiger partial charge on any atom is 0.323 e. The molecule has 0 bridgehead atoms. The van der Waals surface area contributed by atoms with Gasteiger partial charge < -0.3 is 20.2 Å². The van der Waals surface area contributed by atoms with E-state index in [2.05, 4.69) is 5.32 Å². The molecule has 0 unspecified atom stereocenters. The van der Waals surface area contributed by atoms with Gasteiger partial charge in [0.1, 0.15) is 6.54 Å². The van der Waals surface area contributed by atoms with Crippen LogP contribution >= 0.6 is 0 Å². The van der Waals surface area contributed by atoms with Crippen LogP contribution in [0.15, 0.2) is 0 Å². The molecule has 1 aliphatic carbocycles. The Balaban J connectivity index is 2.25.